The van der Waals surface area contributed by atoms with Crippen LogP contribution in [-0.2, 0) is 0 Å². The fraction of sp³-hybridized carbons (Fsp3) is 0.200. The Balaban J connectivity index is 1.84. The summed E-state index contributed by atoms with van der Waals surface area (Å²) in [5, 5.41) is 0. The third-order valence-corrected chi connectivity index (χ3v) is 3.05. The van der Waals surface area contributed by atoms with E-state index in [1.165, 1.54) is 6.07 Å². The zero-order valence-corrected chi connectivity index (χ0v) is 10.9. The van der Waals surface area contributed by atoms with Crippen molar-refractivity contribution in [2.24, 2.45) is 5.73 Å². The van der Waals surface area contributed by atoms with E-state index >= 15 is 0 Å². The summed E-state index contributed by atoms with van der Waals surface area (Å²) in [4.78, 5) is 0. The summed E-state index contributed by atoms with van der Waals surface area (Å²) < 4.78 is 29.9. The molecule has 0 spiro atoms. The van der Waals surface area contributed by atoms with Crippen LogP contribution in [0.3, 0.4) is 0 Å². The van der Waals surface area contributed by atoms with Crippen LogP contribution in [0.4, 0.5) is 4.39 Å². The van der Waals surface area contributed by atoms with Crippen molar-refractivity contribution in [2.45, 2.75) is 13.0 Å². The quantitative estimate of drug-likeness (QED) is 0.933. The van der Waals surface area contributed by atoms with Gasteiger partial charge in [0.05, 0.1) is 0 Å². The molecule has 104 valence electrons. The molecular weight excluding hydrogens is 261 g/mol. The molecule has 0 bridgehead atoms. The van der Waals surface area contributed by atoms with Crippen LogP contribution in [0.25, 0.3) is 0 Å². The van der Waals surface area contributed by atoms with E-state index < -0.39 is 5.82 Å². The highest BCUT2D eigenvalue weighted by Gasteiger charge is 2.15. The van der Waals surface area contributed by atoms with Crippen molar-refractivity contribution in [3.05, 3.63) is 47.8 Å². The average Bonchev–Trinajstić information content (AvgIpc) is 2.88. The van der Waals surface area contributed by atoms with Crippen molar-refractivity contribution in [3.8, 4) is 23.0 Å². The average molecular weight is 275 g/mol. The van der Waals surface area contributed by atoms with E-state index in [2.05, 4.69) is 0 Å². The Hall–Kier alpha value is -2.27. The first-order valence-corrected chi connectivity index (χ1v) is 6.26. The molecule has 0 amide bonds. The van der Waals surface area contributed by atoms with Crippen LogP contribution in [0.1, 0.15) is 18.5 Å². The molecule has 5 heteroatoms. The molecule has 2 aromatic carbocycles. The van der Waals surface area contributed by atoms with Crippen LogP contribution >= 0.6 is 0 Å². The molecule has 0 aliphatic carbocycles. The third-order valence-electron chi connectivity index (χ3n) is 3.05. The molecule has 0 radical (unpaired) electrons. The molecule has 0 saturated carbocycles. The minimum atomic E-state index is -0.447. The van der Waals surface area contributed by atoms with Gasteiger partial charge in [0.15, 0.2) is 23.1 Å². The highest BCUT2D eigenvalue weighted by molar-refractivity contribution is 5.48. The first-order chi connectivity index (χ1) is 9.63. The predicted octanol–water partition coefficient (Wildman–Crippen LogP) is 3.37. The van der Waals surface area contributed by atoms with E-state index in [1.807, 2.05) is 0 Å². The summed E-state index contributed by atoms with van der Waals surface area (Å²) in [7, 11) is 0. The minimum absolute atomic E-state index is 0.147. The van der Waals surface area contributed by atoms with E-state index in [0.717, 1.165) is 5.56 Å². The molecule has 1 unspecified atom stereocenters. The highest BCUT2D eigenvalue weighted by Crippen LogP contribution is 2.37. The topological polar surface area (TPSA) is 53.7 Å². The van der Waals surface area contributed by atoms with Gasteiger partial charge in [-0.15, -0.1) is 0 Å². The fourth-order valence-electron chi connectivity index (χ4n) is 1.95. The normalized spacial score (nSPS) is 14.2. The summed E-state index contributed by atoms with van der Waals surface area (Å²) in [5.74, 6) is 1.44. The third kappa shape index (κ3) is 2.40. The standard InChI is InChI=1S/C15H14FNO3/c1-9(17)10-2-4-13(12(16)6-10)20-11-3-5-14-15(7-11)19-8-18-14/h2-7,9H,8,17H2,1H3. The van der Waals surface area contributed by atoms with Gasteiger partial charge in [-0.3, -0.25) is 0 Å². The van der Waals surface area contributed by atoms with Crippen LogP contribution in [0.15, 0.2) is 36.4 Å². The number of rotatable bonds is 3. The molecule has 1 aliphatic heterocycles. The zero-order valence-electron chi connectivity index (χ0n) is 10.9. The van der Waals surface area contributed by atoms with Crippen LogP contribution in [-0.4, -0.2) is 6.79 Å². The Morgan fingerprint density at radius 1 is 1.15 bits per heavy atom. The molecule has 0 saturated heterocycles. The number of benzene rings is 2. The van der Waals surface area contributed by atoms with Crippen LogP contribution in [0, 0.1) is 5.82 Å². The Morgan fingerprint density at radius 3 is 2.70 bits per heavy atom. The molecule has 3 rings (SSSR count). The second-order valence-corrected chi connectivity index (χ2v) is 4.60. The summed E-state index contributed by atoms with van der Waals surface area (Å²) in [6.45, 7) is 1.99. The van der Waals surface area contributed by atoms with E-state index in [-0.39, 0.29) is 18.6 Å². The molecule has 2 aromatic rings. The maximum absolute atomic E-state index is 13.9. The lowest BCUT2D eigenvalue weighted by molar-refractivity contribution is 0.174. The van der Waals surface area contributed by atoms with Crippen LogP contribution < -0.4 is 19.9 Å². The Labute approximate surface area is 115 Å². The maximum atomic E-state index is 13.9. The minimum Gasteiger partial charge on any atom is -0.454 e. The fourth-order valence-corrected chi connectivity index (χ4v) is 1.95. The van der Waals surface area contributed by atoms with Gasteiger partial charge in [0.2, 0.25) is 6.79 Å². The lowest BCUT2D eigenvalue weighted by Crippen LogP contribution is -2.05. The highest BCUT2D eigenvalue weighted by atomic mass is 19.1. The summed E-state index contributed by atoms with van der Waals surface area (Å²) in [6.07, 6.45) is 0. The van der Waals surface area contributed by atoms with Crippen molar-refractivity contribution >= 4 is 0 Å². The zero-order chi connectivity index (χ0) is 14.1. The Morgan fingerprint density at radius 2 is 1.95 bits per heavy atom. The Kier molecular flexibility index (Phi) is 3.20. The van der Waals surface area contributed by atoms with Gasteiger partial charge >= 0.3 is 0 Å². The van der Waals surface area contributed by atoms with Crippen molar-refractivity contribution in [2.75, 3.05) is 6.79 Å². The van der Waals surface area contributed by atoms with Gasteiger partial charge in [0.25, 0.3) is 0 Å². The molecular formula is C15H14FNO3. The smallest absolute Gasteiger partial charge is 0.231 e. The molecule has 2 N–H and O–H groups in total. The molecule has 4 nitrogen and oxygen atoms in total. The largest absolute Gasteiger partial charge is 0.454 e. The first-order valence-electron chi connectivity index (χ1n) is 6.26. The molecule has 0 aromatic heterocycles. The number of hydrogen-bond donors (Lipinski definition) is 1. The Bertz CT molecular complexity index is 643. The summed E-state index contributed by atoms with van der Waals surface area (Å²) in [5.41, 5.74) is 6.43. The van der Waals surface area contributed by atoms with Gasteiger partial charge in [-0.25, -0.2) is 4.39 Å². The summed E-state index contributed by atoms with van der Waals surface area (Å²) >= 11 is 0. The number of fused-ring (bicyclic) bond motifs is 1. The predicted molar refractivity (Wildman–Crippen MR) is 71.6 cm³/mol. The second kappa shape index (κ2) is 5.02. The van der Waals surface area contributed by atoms with Crippen molar-refractivity contribution in [1.82, 2.24) is 0 Å². The number of hydrogen-bond acceptors (Lipinski definition) is 4. The van der Waals surface area contributed by atoms with Gasteiger partial charge in [-0.2, -0.15) is 0 Å². The van der Waals surface area contributed by atoms with Gasteiger partial charge in [-0.05, 0) is 36.8 Å². The van der Waals surface area contributed by atoms with E-state index in [1.54, 1.807) is 37.3 Å². The number of ether oxygens (including phenoxy) is 3. The van der Waals surface area contributed by atoms with Crippen molar-refractivity contribution in [1.29, 1.82) is 0 Å². The summed E-state index contributed by atoms with van der Waals surface area (Å²) in [6, 6.07) is 9.57. The second-order valence-electron chi connectivity index (χ2n) is 4.60. The molecule has 1 atom stereocenters. The molecule has 20 heavy (non-hydrogen) atoms. The monoisotopic (exact) mass is 275 g/mol. The van der Waals surface area contributed by atoms with E-state index in [9.17, 15) is 4.39 Å². The van der Waals surface area contributed by atoms with Crippen LogP contribution in [0.2, 0.25) is 0 Å². The van der Waals surface area contributed by atoms with Crippen molar-refractivity contribution < 1.29 is 18.6 Å². The van der Waals surface area contributed by atoms with Gasteiger partial charge in [0, 0.05) is 12.1 Å². The lowest BCUT2D eigenvalue weighted by Gasteiger charge is -2.10. The molecule has 1 heterocycles. The van der Waals surface area contributed by atoms with E-state index in [4.69, 9.17) is 19.9 Å². The molecule has 1 aliphatic rings. The maximum Gasteiger partial charge on any atom is 0.231 e. The lowest BCUT2D eigenvalue weighted by atomic mass is 10.1. The van der Waals surface area contributed by atoms with Crippen LogP contribution in [0.5, 0.6) is 23.0 Å². The molecule has 0 fully saturated rings. The number of nitrogens with two attached hydrogens (primary N) is 1. The van der Waals surface area contributed by atoms with Gasteiger partial charge in [0.1, 0.15) is 5.75 Å². The van der Waals surface area contributed by atoms with Gasteiger partial charge < -0.3 is 19.9 Å². The SMILES string of the molecule is CC(N)c1ccc(Oc2ccc3c(c2)OCO3)c(F)c1. The van der Waals surface area contributed by atoms with E-state index in [0.29, 0.717) is 17.2 Å². The van der Waals surface area contributed by atoms with Gasteiger partial charge in [-0.1, -0.05) is 6.07 Å². The van der Waals surface area contributed by atoms with Crippen molar-refractivity contribution in [3.63, 3.8) is 0 Å². The first kappa shape index (κ1) is 12.7. The number of halogens is 1.